The van der Waals surface area contributed by atoms with Crippen LogP contribution in [0.5, 0.6) is 0 Å². The van der Waals surface area contributed by atoms with Crippen molar-refractivity contribution in [3.63, 3.8) is 0 Å². The lowest BCUT2D eigenvalue weighted by molar-refractivity contribution is -0.135. The molecule has 2 N–H and O–H groups in total. The normalized spacial score (nSPS) is 21.4. The molecule has 0 saturated carbocycles. The van der Waals surface area contributed by atoms with Gasteiger partial charge in [-0.2, -0.15) is 0 Å². The van der Waals surface area contributed by atoms with Gasteiger partial charge in [-0.1, -0.05) is 36.2 Å². The smallest absolute Gasteiger partial charge is 0.238 e. The second-order valence-corrected chi connectivity index (χ2v) is 9.75. The predicted octanol–water partition coefficient (Wildman–Crippen LogP) is 4.16. The first-order valence-electron chi connectivity index (χ1n) is 12.3. The number of hydrogen-bond acceptors (Lipinski definition) is 4. The van der Waals surface area contributed by atoms with Gasteiger partial charge in [0.1, 0.15) is 5.82 Å². The third-order valence-electron chi connectivity index (χ3n) is 7.15. The van der Waals surface area contributed by atoms with E-state index in [9.17, 15) is 9.59 Å². The predicted molar refractivity (Wildman–Crippen MR) is 133 cm³/mol. The molecule has 5 rings (SSSR count). The molecule has 2 atom stereocenters. The number of aryl methyl sites for hydroxylation is 2. The zero-order valence-electron chi connectivity index (χ0n) is 20.0. The number of nitrogens with one attached hydrogen (secondary N) is 2. The topological polar surface area (TPSA) is 81.3 Å². The summed E-state index contributed by atoms with van der Waals surface area (Å²) >= 11 is 0. The number of carbonyl (C=O) groups is 2. The van der Waals surface area contributed by atoms with Crippen LogP contribution in [0.3, 0.4) is 0 Å². The molecule has 0 radical (unpaired) electrons. The van der Waals surface area contributed by atoms with Gasteiger partial charge in [-0.3, -0.25) is 14.5 Å². The Labute approximate surface area is 200 Å². The first kappa shape index (κ1) is 22.6. The van der Waals surface area contributed by atoms with Gasteiger partial charge in [0.05, 0.1) is 17.6 Å². The number of rotatable bonds is 5. The minimum absolute atomic E-state index is 0.0187. The number of amides is 2. The Hall–Kier alpha value is -3.19. The standard InChI is InChI=1S/C27H33N5O2/c1-18-6-5-7-20(14-18)16-32-25-12-13-31(24(25)8-3-4-9-27(32)34)17-26(33)30-21-10-11-22-23(15-21)29-19(2)28-22/h5-7,10-11,14-15,24-25H,3-4,8-9,12-13,16-17H2,1-2H3,(H,28,29)(H,30,33)/t24-,25+/m0/s1. The molecule has 0 bridgehead atoms. The Balaban J connectivity index is 1.28. The molecular weight excluding hydrogens is 426 g/mol. The fourth-order valence-electron chi connectivity index (χ4n) is 5.61. The summed E-state index contributed by atoms with van der Waals surface area (Å²) < 4.78 is 0. The summed E-state index contributed by atoms with van der Waals surface area (Å²) in [6.07, 6.45) is 4.49. The van der Waals surface area contributed by atoms with Crippen molar-refractivity contribution in [1.82, 2.24) is 19.8 Å². The molecule has 7 nitrogen and oxygen atoms in total. The highest BCUT2D eigenvalue weighted by molar-refractivity contribution is 5.94. The van der Waals surface area contributed by atoms with E-state index in [1.165, 1.54) is 11.1 Å². The molecule has 0 aliphatic carbocycles. The Bertz CT molecular complexity index is 1200. The van der Waals surface area contributed by atoms with Crippen LogP contribution in [0, 0.1) is 13.8 Å². The van der Waals surface area contributed by atoms with Gasteiger partial charge in [0, 0.05) is 37.3 Å². The highest BCUT2D eigenvalue weighted by Gasteiger charge is 2.40. The molecule has 2 amide bonds. The minimum atomic E-state index is -0.0187. The maximum Gasteiger partial charge on any atom is 0.238 e. The summed E-state index contributed by atoms with van der Waals surface area (Å²) in [5.41, 5.74) is 4.97. The SMILES string of the molecule is Cc1cccc(CN2C(=O)CCCC[C@H]3[C@H]2CCN3CC(=O)Nc2ccc3nc(C)[nH]c3c2)c1. The summed E-state index contributed by atoms with van der Waals surface area (Å²) in [4.78, 5) is 38.1. The number of imidazole rings is 1. The first-order chi connectivity index (χ1) is 16.5. The third kappa shape index (κ3) is 4.85. The summed E-state index contributed by atoms with van der Waals surface area (Å²) in [6.45, 7) is 5.82. The average molecular weight is 460 g/mol. The van der Waals surface area contributed by atoms with Crippen molar-refractivity contribution in [1.29, 1.82) is 0 Å². The van der Waals surface area contributed by atoms with E-state index in [-0.39, 0.29) is 23.9 Å². The van der Waals surface area contributed by atoms with E-state index < -0.39 is 0 Å². The Morgan fingerprint density at radius 1 is 1.12 bits per heavy atom. The molecule has 178 valence electrons. The van der Waals surface area contributed by atoms with Crippen LogP contribution in [0.1, 0.15) is 49.1 Å². The van der Waals surface area contributed by atoms with Crippen molar-refractivity contribution in [3.8, 4) is 0 Å². The Kier molecular flexibility index (Phi) is 6.37. The molecule has 34 heavy (non-hydrogen) atoms. The molecule has 3 heterocycles. The lowest BCUT2D eigenvalue weighted by atomic mass is 9.96. The number of nitrogens with zero attached hydrogens (tertiary/aromatic N) is 3. The first-order valence-corrected chi connectivity index (χ1v) is 12.3. The van der Waals surface area contributed by atoms with Gasteiger partial charge in [0.2, 0.25) is 11.8 Å². The number of hydrogen-bond donors (Lipinski definition) is 2. The third-order valence-corrected chi connectivity index (χ3v) is 7.15. The molecule has 0 unspecified atom stereocenters. The number of benzene rings is 2. The van der Waals surface area contributed by atoms with Crippen molar-refractivity contribution in [2.24, 2.45) is 0 Å². The van der Waals surface area contributed by atoms with Gasteiger partial charge in [0.15, 0.2) is 0 Å². The zero-order chi connectivity index (χ0) is 23.7. The van der Waals surface area contributed by atoms with Crippen molar-refractivity contribution in [2.45, 2.75) is 64.6 Å². The van der Waals surface area contributed by atoms with Crippen LogP contribution in [-0.4, -0.2) is 56.8 Å². The maximum atomic E-state index is 13.1. The van der Waals surface area contributed by atoms with Crippen LogP contribution in [0.4, 0.5) is 5.69 Å². The quantitative estimate of drug-likeness (QED) is 0.600. The van der Waals surface area contributed by atoms with E-state index in [0.717, 1.165) is 54.8 Å². The maximum absolute atomic E-state index is 13.1. The summed E-state index contributed by atoms with van der Waals surface area (Å²) in [6, 6.07) is 14.5. The molecule has 2 aromatic carbocycles. The van der Waals surface area contributed by atoms with Gasteiger partial charge >= 0.3 is 0 Å². The lowest BCUT2D eigenvalue weighted by Crippen LogP contribution is -2.49. The second kappa shape index (κ2) is 9.58. The molecule has 7 heteroatoms. The monoisotopic (exact) mass is 459 g/mol. The average Bonchev–Trinajstić information content (AvgIpc) is 3.35. The molecule has 2 saturated heterocycles. The molecule has 2 aliphatic heterocycles. The van der Waals surface area contributed by atoms with Gasteiger partial charge in [-0.05, 0) is 56.9 Å². The van der Waals surface area contributed by atoms with E-state index in [1.54, 1.807) is 0 Å². The molecule has 0 spiro atoms. The largest absolute Gasteiger partial charge is 0.342 e. The summed E-state index contributed by atoms with van der Waals surface area (Å²) in [7, 11) is 0. The fourth-order valence-corrected chi connectivity index (χ4v) is 5.61. The van der Waals surface area contributed by atoms with Crippen molar-refractivity contribution >= 4 is 28.5 Å². The van der Waals surface area contributed by atoms with Gasteiger partial charge in [-0.25, -0.2) is 4.98 Å². The molecular formula is C27H33N5O2. The highest BCUT2D eigenvalue weighted by atomic mass is 16.2. The highest BCUT2D eigenvalue weighted by Crippen LogP contribution is 2.31. The van der Waals surface area contributed by atoms with E-state index >= 15 is 0 Å². The van der Waals surface area contributed by atoms with Crippen molar-refractivity contribution < 1.29 is 9.59 Å². The van der Waals surface area contributed by atoms with Crippen molar-refractivity contribution in [2.75, 3.05) is 18.4 Å². The number of carbonyl (C=O) groups excluding carboxylic acids is 2. The van der Waals surface area contributed by atoms with Gasteiger partial charge in [-0.15, -0.1) is 0 Å². The Morgan fingerprint density at radius 3 is 2.85 bits per heavy atom. The fraction of sp³-hybridized carbons (Fsp3) is 0.444. The summed E-state index contributed by atoms with van der Waals surface area (Å²) in [5, 5.41) is 3.05. The van der Waals surface area contributed by atoms with E-state index in [2.05, 4.69) is 56.3 Å². The van der Waals surface area contributed by atoms with Gasteiger partial charge in [0.25, 0.3) is 0 Å². The lowest BCUT2D eigenvalue weighted by Gasteiger charge is -2.37. The van der Waals surface area contributed by atoms with Crippen LogP contribution in [0.2, 0.25) is 0 Å². The minimum Gasteiger partial charge on any atom is -0.342 e. The number of likely N-dealkylation sites (tertiary alicyclic amines) is 2. The zero-order valence-corrected chi connectivity index (χ0v) is 20.0. The van der Waals surface area contributed by atoms with Crippen LogP contribution >= 0.6 is 0 Å². The number of H-pyrrole nitrogens is 1. The van der Waals surface area contributed by atoms with E-state index in [0.29, 0.717) is 19.5 Å². The van der Waals surface area contributed by atoms with Crippen LogP contribution in [-0.2, 0) is 16.1 Å². The molecule has 3 aromatic rings. The number of fused-ring (bicyclic) bond motifs is 2. The molecule has 1 aromatic heterocycles. The van der Waals surface area contributed by atoms with Crippen LogP contribution < -0.4 is 5.32 Å². The number of anilines is 1. The van der Waals surface area contributed by atoms with E-state index in [4.69, 9.17) is 0 Å². The Morgan fingerprint density at radius 2 is 2.00 bits per heavy atom. The van der Waals surface area contributed by atoms with Crippen molar-refractivity contribution in [3.05, 3.63) is 59.4 Å². The van der Waals surface area contributed by atoms with Crippen LogP contribution in [0.15, 0.2) is 42.5 Å². The van der Waals surface area contributed by atoms with Gasteiger partial charge < -0.3 is 15.2 Å². The second-order valence-electron chi connectivity index (χ2n) is 9.75. The van der Waals surface area contributed by atoms with Crippen LogP contribution in [0.25, 0.3) is 11.0 Å². The summed E-state index contributed by atoms with van der Waals surface area (Å²) in [5.74, 6) is 1.08. The number of aromatic amines is 1. The number of aromatic nitrogens is 2. The van der Waals surface area contributed by atoms with E-state index in [1.807, 2.05) is 25.1 Å². The molecule has 2 aliphatic rings. The molecule has 2 fully saturated rings.